The van der Waals surface area contributed by atoms with Crippen LogP contribution in [-0.4, -0.2) is 47.8 Å². The van der Waals surface area contributed by atoms with Crippen LogP contribution in [0.5, 0.6) is 0 Å². The summed E-state index contributed by atoms with van der Waals surface area (Å²) >= 11 is 0. The third kappa shape index (κ3) is 1.53. The molecule has 0 amide bonds. The van der Waals surface area contributed by atoms with Crippen LogP contribution in [0.1, 0.15) is 19.8 Å². The van der Waals surface area contributed by atoms with Crippen LogP contribution in [0.25, 0.3) is 0 Å². The van der Waals surface area contributed by atoms with E-state index in [0.29, 0.717) is 13.2 Å². The summed E-state index contributed by atoms with van der Waals surface area (Å²) in [5.74, 6) is -0.535. The number of hydrogen-bond acceptors (Lipinski definition) is 4. The first kappa shape index (κ1) is 9.93. The van der Waals surface area contributed by atoms with E-state index in [9.17, 15) is 9.90 Å². The highest BCUT2D eigenvalue weighted by atomic mass is 16.5. The fraction of sp³-hybridized carbons (Fsp3) is 0.900. The van der Waals surface area contributed by atoms with Gasteiger partial charge in [0.2, 0.25) is 0 Å². The Kier molecular flexibility index (Phi) is 2.74. The quantitative estimate of drug-likeness (QED) is 0.636. The molecule has 0 unspecified atom stereocenters. The average Bonchev–Trinajstić information content (AvgIpc) is 2.63. The van der Waals surface area contributed by atoms with Crippen molar-refractivity contribution in [3.63, 3.8) is 0 Å². The lowest BCUT2D eigenvalue weighted by Crippen LogP contribution is -2.34. The normalized spacial score (nSPS) is 37.1. The number of nitrogens with zero attached hydrogens (tertiary/aromatic N) is 1. The summed E-state index contributed by atoms with van der Waals surface area (Å²) in [6, 6.07) is 0.226. The standard InChI is InChI=1S/C10H17NO3/c1-2-14-10(13)9-7-4-3-5-11(7)6-8(9)12/h7-9,12H,2-6H2,1H3/t7-,8-,9+/m0/s1. The molecule has 2 saturated heterocycles. The topological polar surface area (TPSA) is 49.8 Å². The Morgan fingerprint density at radius 2 is 2.43 bits per heavy atom. The van der Waals surface area contributed by atoms with Gasteiger partial charge in [-0.3, -0.25) is 9.69 Å². The first-order chi connectivity index (χ1) is 6.74. The molecule has 3 atom stereocenters. The molecule has 2 heterocycles. The van der Waals surface area contributed by atoms with E-state index in [1.165, 1.54) is 0 Å². The number of aliphatic hydroxyl groups is 1. The molecule has 0 saturated carbocycles. The monoisotopic (exact) mass is 199 g/mol. The van der Waals surface area contributed by atoms with Gasteiger partial charge in [0, 0.05) is 12.6 Å². The molecule has 0 aromatic carbocycles. The molecule has 14 heavy (non-hydrogen) atoms. The Morgan fingerprint density at radius 1 is 1.64 bits per heavy atom. The number of fused-ring (bicyclic) bond motifs is 1. The number of esters is 1. The minimum Gasteiger partial charge on any atom is -0.466 e. The van der Waals surface area contributed by atoms with Gasteiger partial charge < -0.3 is 9.84 Å². The highest BCUT2D eigenvalue weighted by molar-refractivity contribution is 5.74. The molecule has 4 heteroatoms. The number of ether oxygens (including phenoxy) is 1. The lowest BCUT2D eigenvalue weighted by Gasteiger charge is -2.18. The molecule has 0 aromatic heterocycles. The molecule has 2 fully saturated rings. The van der Waals surface area contributed by atoms with Gasteiger partial charge in [-0.2, -0.15) is 0 Å². The summed E-state index contributed by atoms with van der Waals surface area (Å²) < 4.78 is 4.98. The lowest BCUT2D eigenvalue weighted by atomic mass is 9.96. The fourth-order valence-electron chi connectivity index (χ4n) is 2.65. The SMILES string of the molecule is CCOC(=O)[C@H]1[C@@H](O)CN2CCC[C@@H]12. The van der Waals surface area contributed by atoms with Gasteiger partial charge in [0.1, 0.15) is 0 Å². The van der Waals surface area contributed by atoms with Crippen molar-refractivity contribution in [2.45, 2.75) is 31.9 Å². The van der Waals surface area contributed by atoms with E-state index < -0.39 is 6.10 Å². The van der Waals surface area contributed by atoms with Crippen LogP contribution in [-0.2, 0) is 9.53 Å². The van der Waals surface area contributed by atoms with Crippen LogP contribution in [0.15, 0.2) is 0 Å². The van der Waals surface area contributed by atoms with E-state index in [4.69, 9.17) is 4.74 Å². The van der Waals surface area contributed by atoms with Crippen LogP contribution >= 0.6 is 0 Å². The number of carbonyl (C=O) groups excluding carboxylic acids is 1. The third-order valence-corrected chi connectivity index (χ3v) is 3.22. The highest BCUT2D eigenvalue weighted by Gasteiger charge is 2.47. The summed E-state index contributed by atoms with van der Waals surface area (Å²) in [6.07, 6.45) is 1.62. The van der Waals surface area contributed by atoms with Crippen molar-refractivity contribution in [2.24, 2.45) is 5.92 Å². The van der Waals surface area contributed by atoms with Crippen LogP contribution in [0.2, 0.25) is 0 Å². The third-order valence-electron chi connectivity index (χ3n) is 3.22. The van der Waals surface area contributed by atoms with E-state index in [1.807, 2.05) is 0 Å². The maximum Gasteiger partial charge on any atom is 0.313 e. The van der Waals surface area contributed by atoms with Crippen molar-refractivity contribution in [1.82, 2.24) is 4.90 Å². The van der Waals surface area contributed by atoms with Gasteiger partial charge in [0.05, 0.1) is 18.6 Å². The van der Waals surface area contributed by atoms with E-state index >= 15 is 0 Å². The van der Waals surface area contributed by atoms with Crippen LogP contribution in [0.3, 0.4) is 0 Å². The molecule has 0 spiro atoms. The second-order valence-corrected chi connectivity index (χ2v) is 4.05. The maximum absolute atomic E-state index is 11.6. The Bertz CT molecular complexity index is 231. The molecule has 2 aliphatic heterocycles. The zero-order valence-electron chi connectivity index (χ0n) is 8.48. The minimum atomic E-state index is -0.528. The van der Waals surface area contributed by atoms with Crippen molar-refractivity contribution >= 4 is 5.97 Å². The van der Waals surface area contributed by atoms with Gasteiger partial charge in [0.15, 0.2) is 0 Å². The first-order valence-corrected chi connectivity index (χ1v) is 5.32. The van der Waals surface area contributed by atoms with Gasteiger partial charge in [-0.1, -0.05) is 0 Å². The van der Waals surface area contributed by atoms with Gasteiger partial charge >= 0.3 is 5.97 Å². The van der Waals surface area contributed by atoms with E-state index in [2.05, 4.69) is 4.90 Å². The van der Waals surface area contributed by atoms with E-state index in [-0.39, 0.29) is 17.9 Å². The first-order valence-electron chi connectivity index (χ1n) is 5.32. The van der Waals surface area contributed by atoms with Crippen LogP contribution < -0.4 is 0 Å². The molecule has 0 radical (unpaired) electrons. The number of hydrogen-bond donors (Lipinski definition) is 1. The summed E-state index contributed by atoms with van der Waals surface area (Å²) in [5.41, 5.74) is 0. The Balaban J connectivity index is 2.05. The van der Waals surface area contributed by atoms with Crippen LogP contribution in [0.4, 0.5) is 0 Å². The zero-order valence-corrected chi connectivity index (χ0v) is 8.48. The second kappa shape index (κ2) is 3.87. The zero-order chi connectivity index (χ0) is 10.1. The van der Waals surface area contributed by atoms with Gasteiger partial charge in [-0.15, -0.1) is 0 Å². The predicted molar refractivity (Wildman–Crippen MR) is 50.7 cm³/mol. The van der Waals surface area contributed by atoms with Crippen molar-refractivity contribution in [2.75, 3.05) is 19.7 Å². The summed E-state index contributed by atoms with van der Waals surface area (Å²) in [4.78, 5) is 13.8. The molecule has 1 N–H and O–H groups in total. The molecule has 2 rings (SSSR count). The largest absolute Gasteiger partial charge is 0.466 e. The minimum absolute atomic E-state index is 0.226. The predicted octanol–water partition coefficient (Wildman–Crippen LogP) is 0.00460. The average molecular weight is 199 g/mol. The van der Waals surface area contributed by atoms with Crippen LogP contribution in [0, 0.1) is 5.92 Å². The number of carbonyl (C=O) groups is 1. The molecule has 2 aliphatic rings. The Hall–Kier alpha value is -0.610. The molecule has 0 aromatic rings. The lowest BCUT2D eigenvalue weighted by molar-refractivity contribution is -0.151. The van der Waals surface area contributed by atoms with E-state index in [1.54, 1.807) is 6.92 Å². The van der Waals surface area contributed by atoms with Gasteiger partial charge in [-0.25, -0.2) is 0 Å². The van der Waals surface area contributed by atoms with Gasteiger partial charge in [-0.05, 0) is 26.3 Å². The Morgan fingerprint density at radius 3 is 3.14 bits per heavy atom. The number of rotatable bonds is 2. The number of aliphatic hydroxyl groups excluding tert-OH is 1. The molecular weight excluding hydrogens is 182 g/mol. The summed E-state index contributed by atoms with van der Waals surface area (Å²) in [7, 11) is 0. The Labute approximate surface area is 83.8 Å². The molecule has 0 aliphatic carbocycles. The summed E-state index contributed by atoms with van der Waals surface area (Å²) in [6.45, 7) is 3.84. The molecular formula is C10H17NO3. The molecule has 0 bridgehead atoms. The van der Waals surface area contributed by atoms with E-state index in [0.717, 1.165) is 19.4 Å². The van der Waals surface area contributed by atoms with Crippen molar-refractivity contribution in [3.05, 3.63) is 0 Å². The van der Waals surface area contributed by atoms with Gasteiger partial charge in [0.25, 0.3) is 0 Å². The molecule has 80 valence electrons. The second-order valence-electron chi connectivity index (χ2n) is 4.05. The fourth-order valence-corrected chi connectivity index (χ4v) is 2.65. The smallest absolute Gasteiger partial charge is 0.313 e. The summed E-state index contributed by atoms with van der Waals surface area (Å²) in [5, 5.41) is 9.75. The highest BCUT2D eigenvalue weighted by Crippen LogP contribution is 2.33. The van der Waals surface area contributed by atoms with Crippen molar-refractivity contribution in [3.8, 4) is 0 Å². The van der Waals surface area contributed by atoms with Crippen molar-refractivity contribution in [1.29, 1.82) is 0 Å². The maximum atomic E-state index is 11.6. The van der Waals surface area contributed by atoms with Crippen molar-refractivity contribution < 1.29 is 14.6 Å². The molecule has 4 nitrogen and oxygen atoms in total.